The molecule has 1 aromatic carbocycles. The normalized spacial score (nSPS) is 11.6. The van der Waals surface area contributed by atoms with Crippen LogP contribution in [0.2, 0.25) is 0 Å². The number of halogens is 2. The van der Waals surface area contributed by atoms with E-state index < -0.39 is 11.7 Å². The van der Waals surface area contributed by atoms with Crippen LogP contribution in [-0.2, 0) is 11.3 Å². The highest BCUT2D eigenvalue weighted by Crippen LogP contribution is 2.20. The molecule has 118 valence electrons. The molecule has 2 aromatic rings. The minimum atomic E-state index is -0.759. The summed E-state index contributed by atoms with van der Waals surface area (Å²) in [7, 11) is 0. The van der Waals surface area contributed by atoms with E-state index in [0.29, 0.717) is 0 Å². The van der Waals surface area contributed by atoms with Crippen LogP contribution in [0.5, 0.6) is 0 Å². The molecule has 0 aliphatic heterocycles. The van der Waals surface area contributed by atoms with Crippen LogP contribution < -0.4 is 0 Å². The van der Waals surface area contributed by atoms with Crippen LogP contribution in [0, 0.1) is 24.0 Å². The van der Waals surface area contributed by atoms with E-state index in [4.69, 9.17) is 6.42 Å². The summed E-state index contributed by atoms with van der Waals surface area (Å²) in [5.41, 5.74) is 0.822. The summed E-state index contributed by atoms with van der Waals surface area (Å²) in [4.78, 5) is 18.0. The number of hydrogen-bond donors (Lipinski definition) is 0. The van der Waals surface area contributed by atoms with Gasteiger partial charge in [-0.15, -0.1) is 6.42 Å². The molecule has 0 bridgehead atoms. The van der Waals surface area contributed by atoms with Gasteiger partial charge >= 0.3 is 0 Å². The number of carbonyl (C=O) groups excluding carboxylic acids is 1. The Morgan fingerprint density at radius 3 is 2.61 bits per heavy atom. The van der Waals surface area contributed by atoms with Crippen molar-refractivity contribution in [3.8, 4) is 12.3 Å². The highest BCUT2D eigenvalue weighted by atomic mass is 19.1. The summed E-state index contributed by atoms with van der Waals surface area (Å²) in [5.74, 6) is 0.444. The van der Waals surface area contributed by atoms with Gasteiger partial charge in [-0.2, -0.15) is 0 Å². The Labute approximate surface area is 134 Å². The second kappa shape index (κ2) is 7.50. The summed E-state index contributed by atoms with van der Waals surface area (Å²) in [6.07, 6.45) is 6.76. The molecular weight excluding hydrogens is 298 g/mol. The van der Waals surface area contributed by atoms with Gasteiger partial charge in [0.05, 0.1) is 18.2 Å². The Balaban J connectivity index is 2.19. The van der Waals surface area contributed by atoms with Crippen LogP contribution >= 0.6 is 0 Å². The van der Waals surface area contributed by atoms with E-state index in [2.05, 4.69) is 10.9 Å². The molecule has 0 aliphatic rings. The third-order valence-electron chi connectivity index (χ3n) is 3.45. The van der Waals surface area contributed by atoms with E-state index >= 15 is 0 Å². The van der Waals surface area contributed by atoms with Crippen LogP contribution in [0.4, 0.5) is 8.78 Å². The molecule has 1 amide bonds. The SMILES string of the molecule is C#CCN(Cc1ccc(F)cc1)C(=O)C(C)c1ncccc1F. The lowest BCUT2D eigenvalue weighted by molar-refractivity contribution is -0.132. The number of carbonyl (C=O) groups is 1. The summed E-state index contributed by atoms with van der Waals surface area (Å²) in [5, 5.41) is 0. The minimum absolute atomic E-state index is 0.0784. The minimum Gasteiger partial charge on any atom is -0.327 e. The molecule has 23 heavy (non-hydrogen) atoms. The molecular formula is C18H16F2N2O. The number of nitrogens with zero attached hydrogens (tertiary/aromatic N) is 2. The Morgan fingerprint density at radius 2 is 2.00 bits per heavy atom. The van der Waals surface area contributed by atoms with Crippen LogP contribution in [0.25, 0.3) is 0 Å². The average molecular weight is 314 g/mol. The topological polar surface area (TPSA) is 33.2 Å². The molecule has 2 rings (SSSR count). The fraction of sp³-hybridized carbons (Fsp3) is 0.222. The Hall–Kier alpha value is -2.74. The van der Waals surface area contributed by atoms with Gasteiger partial charge in [-0.25, -0.2) is 8.78 Å². The lowest BCUT2D eigenvalue weighted by Crippen LogP contribution is -2.34. The van der Waals surface area contributed by atoms with Crippen molar-refractivity contribution in [2.45, 2.75) is 19.4 Å². The molecule has 1 atom stereocenters. The van der Waals surface area contributed by atoms with Gasteiger partial charge in [0.1, 0.15) is 11.6 Å². The van der Waals surface area contributed by atoms with Crippen molar-refractivity contribution in [1.29, 1.82) is 0 Å². The molecule has 1 heterocycles. The molecule has 0 saturated heterocycles. The summed E-state index contributed by atoms with van der Waals surface area (Å²) in [6.45, 7) is 1.89. The standard InChI is InChI=1S/C18H16F2N2O/c1-3-11-22(12-14-6-8-15(19)9-7-14)18(23)13(2)17-16(20)5-4-10-21-17/h1,4-10,13H,11-12H2,2H3. The molecule has 0 saturated carbocycles. The zero-order chi connectivity index (χ0) is 16.8. The average Bonchev–Trinajstić information content (AvgIpc) is 2.55. The molecule has 0 aliphatic carbocycles. The van der Waals surface area contributed by atoms with E-state index in [9.17, 15) is 13.6 Å². The predicted octanol–water partition coefficient (Wildman–Crippen LogP) is 3.13. The van der Waals surface area contributed by atoms with Crippen LogP contribution in [0.15, 0.2) is 42.6 Å². The number of benzene rings is 1. The van der Waals surface area contributed by atoms with Gasteiger partial charge in [-0.3, -0.25) is 9.78 Å². The van der Waals surface area contributed by atoms with E-state index in [1.165, 1.54) is 35.4 Å². The Bertz CT molecular complexity index is 723. The zero-order valence-corrected chi connectivity index (χ0v) is 12.7. The van der Waals surface area contributed by atoms with E-state index in [0.717, 1.165) is 5.56 Å². The van der Waals surface area contributed by atoms with Gasteiger partial charge in [-0.1, -0.05) is 18.1 Å². The van der Waals surface area contributed by atoms with Crippen molar-refractivity contribution in [3.63, 3.8) is 0 Å². The van der Waals surface area contributed by atoms with Gasteiger partial charge in [0, 0.05) is 12.7 Å². The maximum absolute atomic E-state index is 13.8. The summed E-state index contributed by atoms with van der Waals surface area (Å²) in [6, 6.07) is 8.52. The molecule has 5 heteroatoms. The monoisotopic (exact) mass is 314 g/mol. The second-order valence-corrected chi connectivity index (χ2v) is 5.12. The predicted molar refractivity (Wildman–Crippen MR) is 83.3 cm³/mol. The van der Waals surface area contributed by atoms with Crippen LogP contribution in [0.1, 0.15) is 24.1 Å². The molecule has 0 fully saturated rings. The molecule has 0 N–H and O–H groups in total. The number of rotatable bonds is 5. The van der Waals surface area contributed by atoms with Gasteiger partial charge in [-0.05, 0) is 36.8 Å². The highest BCUT2D eigenvalue weighted by molar-refractivity contribution is 5.83. The third-order valence-corrected chi connectivity index (χ3v) is 3.45. The number of terminal acetylenes is 1. The molecule has 3 nitrogen and oxygen atoms in total. The molecule has 1 unspecified atom stereocenters. The van der Waals surface area contributed by atoms with E-state index in [-0.39, 0.29) is 30.5 Å². The molecule has 0 radical (unpaired) electrons. The summed E-state index contributed by atoms with van der Waals surface area (Å²) < 4.78 is 26.8. The fourth-order valence-electron chi connectivity index (χ4n) is 2.24. The van der Waals surface area contributed by atoms with Gasteiger partial charge in [0.25, 0.3) is 0 Å². The Morgan fingerprint density at radius 1 is 1.30 bits per heavy atom. The van der Waals surface area contributed by atoms with Crippen molar-refractivity contribution < 1.29 is 13.6 Å². The lowest BCUT2D eigenvalue weighted by Gasteiger charge is -2.24. The smallest absolute Gasteiger partial charge is 0.232 e. The Kier molecular flexibility index (Phi) is 5.42. The van der Waals surface area contributed by atoms with Crippen LogP contribution in [0.3, 0.4) is 0 Å². The van der Waals surface area contributed by atoms with Gasteiger partial charge in [0.15, 0.2) is 0 Å². The number of hydrogen-bond acceptors (Lipinski definition) is 2. The zero-order valence-electron chi connectivity index (χ0n) is 12.7. The lowest BCUT2D eigenvalue weighted by atomic mass is 10.0. The molecule has 0 spiro atoms. The first-order chi connectivity index (χ1) is 11.0. The largest absolute Gasteiger partial charge is 0.327 e. The van der Waals surface area contributed by atoms with Crippen molar-refractivity contribution in [1.82, 2.24) is 9.88 Å². The fourth-order valence-corrected chi connectivity index (χ4v) is 2.24. The van der Waals surface area contributed by atoms with Crippen LogP contribution in [-0.4, -0.2) is 22.3 Å². The number of aromatic nitrogens is 1. The quantitative estimate of drug-likeness (QED) is 0.795. The van der Waals surface area contributed by atoms with E-state index in [1.807, 2.05) is 0 Å². The second-order valence-electron chi connectivity index (χ2n) is 5.12. The third kappa shape index (κ3) is 4.13. The van der Waals surface area contributed by atoms with Crippen molar-refractivity contribution in [3.05, 3.63) is 65.5 Å². The van der Waals surface area contributed by atoms with Gasteiger partial charge in [0.2, 0.25) is 5.91 Å². The van der Waals surface area contributed by atoms with Gasteiger partial charge < -0.3 is 4.90 Å². The van der Waals surface area contributed by atoms with E-state index in [1.54, 1.807) is 19.1 Å². The first-order valence-electron chi connectivity index (χ1n) is 7.10. The summed E-state index contributed by atoms with van der Waals surface area (Å²) >= 11 is 0. The van der Waals surface area contributed by atoms with Crippen molar-refractivity contribution in [2.75, 3.05) is 6.54 Å². The first-order valence-corrected chi connectivity index (χ1v) is 7.10. The van der Waals surface area contributed by atoms with Crippen molar-refractivity contribution >= 4 is 5.91 Å². The first kappa shape index (κ1) is 16.6. The maximum atomic E-state index is 13.8. The molecule has 1 aromatic heterocycles. The highest BCUT2D eigenvalue weighted by Gasteiger charge is 2.25. The van der Waals surface area contributed by atoms with Crippen molar-refractivity contribution in [2.24, 2.45) is 0 Å². The number of amides is 1. The number of pyridine rings is 1. The maximum Gasteiger partial charge on any atom is 0.232 e.